The van der Waals surface area contributed by atoms with Crippen LogP contribution in [0.2, 0.25) is 0 Å². The molecule has 5 heteroatoms. The Kier molecular flexibility index (Phi) is 5.31. The number of aromatic nitrogens is 1. The second-order valence-electron chi connectivity index (χ2n) is 4.06. The van der Waals surface area contributed by atoms with Crippen molar-refractivity contribution in [3.63, 3.8) is 0 Å². The summed E-state index contributed by atoms with van der Waals surface area (Å²) in [6, 6.07) is 4.31. The lowest BCUT2D eigenvalue weighted by molar-refractivity contribution is 0.126. The first-order valence-electron chi connectivity index (χ1n) is 5.98. The molecule has 2 aromatic rings. The highest BCUT2D eigenvalue weighted by atomic mass is 32.1. The lowest BCUT2D eigenvalue weighted by atomic mass is 10.3. The third-order valence-electron chi connectivity index (χ3n) is 2.63. The van der Waals surface area contributed by atoms with Crippen LogP contribution in [0.25, 0.3) is 0 Å². The lowest BCUT2D eigenvalue weighted by Crippen LogP contribution is -2.02. The van der Waals surface area contributed by atoms with Gasteiger partial charge in [0.05, 0.1) is 24.4 Å². The van der Waals surface area contributed by atoms with Crippen LogP contribution in [0.1, 0.15) is 20.3 Å². The maximum absolute atomic E-state index is 5.71. The molecule has 0 saturated carbocycles. The molecule has 0 aliphatic rings. The Morgan fingerprint density at radius 2 is 2.17 bits per heavy atom. The molecule has 0 radical (unpaired) electrons. The molecular weight excluding hydrogens is 264 g/mol. The van der Waals surface area contributed by atoms with Crippen LogP contribution in [-0.2, 0) is 24.3 Å². The van der Waals surface area contributed by atoms with Gasteiger partial charge in [0.1, 0.15) is 0 Å². The lowest BCUT2D eigenvalue weighted by Gasteiger charge is -2.01. The average molecular weight is 282 g/mol. The van der Waals surface area contributed by atoms with E-state index >= 15 is 0 Å². The Balaban J connectivity index is 1.70. The van der Waals surface area contributed by atoms with E-state index in [1.54, 1.807) is 11.3 Å². The zero-order valence-electron chi connectivity index (χ0n) is 10.7. The molecule has 3 nitrogen and oxygen atoms in total. The van der Waals surface area contributed by atoms with Crippen molar-refractivity contribution in [2.75, 3.05) is 13.7 Å². The van der Waals surface area contributed by atoms with E-state index in [0.29, 0.717) is 6.61 Å². The SMILES string of the molecule is CNCc1ccc(COCCc2scnc2C)s1. The third kappa shape index (κ3) is 3.88. The average Bonchev–Trinajstić information content (AvgIpc) is 2.95. The summed E-state index contributed by atoms with van der Waals surface area (Å²) < 4.78 is 5.71. The summed E-state index contributed by atoms with van der Waals surface area (Å²) in [5, 5.41) is 3.15. The van der Waals surface area contributed by atoms with Crippen molar-refractivity contribution < 1.29 is 4.74 Å². The highest BCUT2D eigenvalue weighted by molar-refractivity contribution is 7.12. The number of rotatable bonds is 7. The molecule has 0 saturated heterocycles. The minimum atomic E-state index is 0.715. The second kappa shape index (κ2) is 6.99. The van der Waals surface area contributed by atoms with Crippen LogP contribution in [-0.4, -0.2) is 18.6 Å². The van der Waals surface area contributed by atoms with Gasteiger partial charge in [-0.1, -0.05) is 0 Å². The molecule has 0 spiro atoms. The molecule has 2 rings (SSSR count). The second-order valence-corrected chi connectivity index (χ2v) is 6.25. The number of nitrogens with one attached hydrogen (secondary N) is 1. The predicted octanol–water partition coefficient (Wildman–Crippen LogP) is 2.99. The quantitative estimate of drug-likeness (QED) is 0.793. The van der Waals surface area contributed by atoms with Gasteiger partial charge in [0.15, 0.2) is 0 Å². The van der Waals surface area contributed by atoms with Crippen LogP contribution in [0.15, 0.2) is 17.6 Å². The third-order valence-corrected chi connectivity index (χ3v) is 4.68. The van der Waals surface area contributed by atoms with E-state index in [4.69, 9.17) is 4.74 Å². The predicted molar refractivity (Wildman–Crippen MR) is 77.3 cm³/mol. The number of ether oxygens (including phenoxy) is 1. The first-order valence-corrected chi connectivity index (χ1v) is 7.68. The number of thiazole rings is 1. The summed E-state index contributed by atoms with van der Waals surface area (Å²) >= 11 is 3.52. The van der Waals surface area contributed by atoms with Crippen molar-refractivity contribution in [3.05, 3.63) is 38.0 Å². The van der Waals surface area contributed by atoms with Crippen molar-refractivity contribution >= 4 is 22.7 Å². The van der Waals surface area contributed by atoms with E-state index in [9.17, 15) is 0 Å². The number of thiophene rings is 1. The van der Waals surface area contributed by atoms with E-state index in [1.165, 1.54) is 14.6 Å². The molecule has 2 heterocycles. The maximum atomic E-state index is 5.71. The van der Waals surface area contributed by atoms with Gasteiger partial charge in [0.25, 0.3) is 0 Å². The van der Waals surface area contributed by atoms with E-state index < -0.39 is 0 Å². The van der Waals surface area contributed by atoms with Crippen LogP contribution in [0.3, 0.4) is 0 Å². The van der Waals surface area contributed by atoms with Crippen LogP contribution in [0, 0.1) is 6.92 Å². The van der Waals surface area contributed by atoms with E-state index in [2.05, 4.69) is 29.4 Å². The van der Waals surface area contributed by atoms with Crippen molar-refractivity contribution in [2.24, 2.45) is 0 Å². The van der Waals surface area contributed by atoms with Gasteiger partial charge in [0.2, 0.25) is 0 Å². The molecule has 0 aliphatic carbocycles. The Hall–Kier alpha value is -0.750. The van der Waals surface area contributed by atoms with E-state index in [1.807, 2.05) is 23.9 Å². The summed E-state index contributed by atoms with van der Waals surface area (Å²) in [4.78, 5) is 8.21. The van der Waals surface area contributed by atoms with Gasteiger partial charge < -0.3 is 10.1 Å². The number of hydrogen-bond acceptors (Lipinski definition) is 5. The Labute approximate surface area is 116 Å². The molecule has 0 aliphatic heterocycles. The summed E-state index contributed by atoms with van der Waals surface area (Å²) in [6.07, 6.45) is 0.964. The van der Waals surface area contributed by atoms with Crippen molar-refractivity contribution in [1.29, 1.82) is 0 Å². The van der Waals surface area contributed by atoms with Gasteiger partial charge in [-0.25, -0.2) is 4.98 Å². The largest absolute Gasteiger partial charge is 0.376 e. The van der Waals surface area contributed by atoms with Gasteiger partial charge in [-0.05, 0) is 26.1 Å². The minimum Gasteiger partial charge on any atom is -0.376 e. The maximum Gasteiger partial charge on any atom is 0.0809 e. The Morgan fingerprint density at radius 1 is 1.33 bits per heavy atom. The highest BCUT2D eigenvalue weighted by Gasteiger charge is 2.02. The van der Waals surface area contributed by atoms with Crippen molar-refractivity contribution in [1.82, 2.24) is 10.3 Å². The molecular formula is C13H18N2OS2. The topological polar surface area (TPSA) is 34.1 Å². The number of hydrogen-bond donors (Lipinski definition) is 1. The van der Waals surface area contributed by atoms with E-state index in [0.717, 1.165) is 25.3 Å². The fourth-order valence-electron chi connectivity index (χ4n) is 1.67. The zero-order valence-corrected chi connectivity index (χ0v) is 12.4. The highest BCUT2D eigenvalue weighted by Crippen LogP contribution is 2.18. The molecule has 98 valence electrons. The number of nitrogens with zero attached hydrogens (tertiary/aromatic N) is 1. The van der Waals surface area contributed by atoms with Gasteiger partial charge in [0, 0.05) is 27.6 Å². The van der Waals surface area contributed by atoms with Crippen molar-refractivity contribution in [2.45, 2.75) is 26.5 Å². The zero-order chi connectivity index (χ0) is 12.8. The molecule has 0 amide bonds. The van der Waals surface area contributed by atoms with Gasteiger partial charge in [-0.2, -0.15) is 0 Å². The monoisotopic (exact) mass is 282 g/mol. The Morgan fingerprint density at radius 3 is 2.89 bits per heavy atom. The molecule has 18 heavy (non-hydrogen) atoms. The summed E-state index contributed by atoms with van der Waals surface area (Å²) in [5.41, 5.74) is 3.03. The van der Waals surface area contributed by atoms with Crippen LogP contribution in [0.5, 0.6) is 0 Å². The first-order chi connectivity index (χ1) is 8.79. The molecule has 0 fully saturated rings. The smallest absolute Gasteiger partial charge is 0.0809 e. The summed E-state index contributed by atoms with van der Waals surface area (Å²) in [5.74, 6) is 0. The minimum absolute atomic E-state index is 0.715. The first kappa shape index (κ1) is 13.7. The van der Waals surface area contributed by atoms with Crippen LogP contribution < -0.4 is 5.32 Å². The summed E-state index contributed by atoms with van der Waals surface area (Å²) in [6.45, 7) is 4.47. The van der Waals surface area contributed by atoms with Gasteiger partial charge in [-0.15, -0.1) is 22.7 Å². The van der Waals surface area contributed by atoms with Crippen LogP contribution in [0.4, 0.5) is 0 Å². The van der Waals surface area contributed by atoms with Gasteiger partial charge in [-0.3, -0.25) is 0 Å². The van der Waals surface area contributed by atoms with Crippen molar-refractivity contribution in [3.8, 4) is 0 Å². The number of aryl methyl sites for hydroxylation is 1. The molecule has 2 aromatic heterocycles. The Bertz CT molecular complexity index is 479. The summed E-state index contributed by atoms with van der Waals surface area (Å²) in [7, 11) is 1.97. The molecule has 0 unspecified atom stereocenters. The normalized spacial score (nSPS) is 11.0. The van der Waals surface area contributed by atoms with E-state index in [-0.39, 0.29) is 0 Å². The fourth-order valence-corrected chi connectivity index (χ4v) is 3.40. The molecule has 0 aromatic carbocycles. The van der Waals surface area contributed by atoms with Gasteiger partial charge >= 0.3 is 0 Å². The fraction of sp³-hybridized carbons (Fsp3) is 0.462. The molecule has 0 atom stereocenters. The standard InChI is InChI=1S/C13H18N2OS2/c1-10-13(17-9-15-10)5-6-16-8-12-4-3-11(18-12)7-14-2/h3-4,9,14H,5-8H2,1-2H3. The van der Waals surface area contributed by atoms with Crippen LogP contribution >= 0.6 is 22.7 Å². The molecule has 0 bridgehead atoms. The molecule has 1 N–H and O–H groups in total.